The smallest absolute Gasteiger partial charge is 0.0637 e. The SMILES string of the molecule is CNC(CC1CCOCC1)c1ccncc1Cl. The van der Waals surface area contributed by atoms with Crippen molar-refractivity contribution in [1.82, 2.24) is 10.3 Å². The number of nitrogens with zero attached hydrogens (tertiary/aromatic N) is 1. The Kier molecular flexibility index (Phi) is 4.77. The van der Waals surface area contributed by atoms with Gasteiger partial charge < -0.3 is 10.1 Å². The molecule has 17 heavy (non-hydrogen) atoms. The summed E-state index contributed by atoms with van der Waals surface area (Å²) in [4.78, 5) is 4.03. The van der Waals surface area contributed by atoms with E-state index in [0.29, 0.717) is 6.04 Å². The molecule has 1 N–H and O–H groups in total. The van der Waals surface area contributed by atoms with Gasteiger partial charge in [-0.2, -0.15) is 0 Å². The predicted octanol–water partition coefficient (Wildman–Crippen LogP) is 2.81. The minimum atomic E-state index is 0.314. The van der Waals surface area contributed by atoms with Crippen LogP contribution in [0.1, 0.15) is 30.9 Å². The number of ether oxygens (including phenoxy) is 1. The molecule has 1 aliphatic heterocycles. The van der Waals surface area contributed by atoms with Crippen molar-refractivity contribution in [2.45, 2.75) is 25.3 Å². The normalized spacial score (nSPS) is 19.2. The second kappa shape index (κ2) is 6.34. The van der Waals surface area contributed by atoms with E-state index in [2.05, 4.69) is 10.3 Å². The van der Waals surface area contributed by atoms with Crippen molar-refractivity contribution in [2.24, 2.45) is 5.92 Å². The van der Waals surface area contributed by atoms with Crippen LogP contribution in [0, 0.1) is 5.92 Å². The Morgan fingerprint density at radius 1 is 1.53 bits per heavy atom. The van der Waals surface area contributed by atoms with E-state index >= 15 is 0 Å². The largest absolute Gasteiger partial charge is 0.381 e. The summed E-state index contributed by atoms with van der Waals surface area (Å²) >= 11 is 6.19. The number of rotatable bonds is 4. The first-order valence-electron chi connectivity index (χ1n) is 6.15. The minimum Gasteiger partial charge on any atom is -0.381 e. The van der Waals surface area contributed by atoms with Crippen LogP contribution >= 0.6 is 11.6 Å². The van der Waals surface area contributed by atoms with Crippen LogP contribution in [0.5, 0.6) is 0 Å². The molecule has 1 aromatic heterocycles. The molecule has 94 valence electrons. The Hall–Kier alpha value is -0.640. The summed E-state index contributed by atoms with van der Waals surface area (Å²) in [6.07, 6.45) is 6.94. The maximum atomic E-state index is 6.19. The lowest BCUT2D eigenvalue weighted by atomic mass is 9.90. The second-order valence-electron chi connectivity index (χ2n) is 4.53. The highest BCUT2D eigenvalue weighted by atomic mass is 35.5. The first-order valence-corrected chi connectivity index (χ1v) is 6.53. The molecule has 0 spiro atoms. The predicted molar refractivity (Wildman–Crippen MR) is 69.2 cm³/mol. The molecule has 1 fully saturated rings. The van der Waals surface area contributed by atoms with Crippen molar-refractivity contribution in [3.8, 4) is 0 Å². The van der Waals surface area contributed by atoms with E-state index < -0.39 is 0 Å². The maximum Gasteiger partial charge on any atom is 0.0637 e. The highest BCUT2D eigenvalue weighted by molar-refractivity contribution is 6.31. The lowest BCUT2D eigenvalue weighted by molar-refractivity contribution is 0.0608. The number of halogens is 1. The molecular weight excluding hydrogens is 236 g/mol. The number of aromatic nitrogens is 1. The Labute approximate surface area is 108 Å². The van der Waals surface area contributed by atoms with Crippen molar-refractivity contribution < 1.29 is 4.74 Å². The molecule has 2 heterocycles. The summed E-state index contributed by atoms with van der Waals surface area (Å²) in [5.74, 6) is 0.727. The van der Waals surface area contributed by atoms with Crippen LogP contribution in [0.15, 0.2) is 18.5 Å². The molecule has 1 aliphatic rings. The second-order valence-corrected chi connectivity index (χ2v) is 4.94. The molecule has 0 radical (unpaired) electrons. The van der Waals surface area contributed by atoms with Crippen molar-refractivity contribution in [1.29, 1.82) is 0 Å². The van der Waals surface area contributed by atoms with E-state index in [9.17, 15) is 0 Å². The van der Waals surface area contributed by atoms with Crippen molar-refractivity contribution in [3.05, 3.63) is 29.0 Å². The minimum absolute atomic E-state index is 0.314. The topological polar surface area (TPSA) is 34.1 Å². The van der Waals surface area contributed by atoms with Crippen molar-refractivity contribution in [2.75, 3.05) is 20.3 Å². The third-order valence-corrected chi connectivity index (χ3v) is 3.75. The third-order valence-electron chi connectivity index (χ3n) is 3.44. The van der Waals surface area contributed by atoms with Gasteiger partial charge in [-0.1, -0.05) is 11.6 Å². The van der Waals surface area contributed by atoms with Crippen LogP contribution in [0.25, 0.3) is 0 Å². The van der Waals surface area contributed by atoms with Gasteiger partial charge in [-0.15, -0.1) is 0 Å². The van der Waals surface area contributed by atoms with E-state index in [4.69, 9.17) is 16.3 Å². The van der Waals surface area contributed by atoms with Gasteiger partial charge >= 0.3 is 0 Å². The standard InChI is InChI=1S/C13H19ClN2O/c1-15-13(8-10-3-6-17-7-4-10)11-2-5-16-9-12(11)14/h2,5,9-10,13,15H,3-4,6-8H2,1H3. The van der Waals surface area contributed by atoms with Gasteiger partial charge in [0.15, 0.2) is 0 Å². The molecule has 1 unspecified atom stereocenters. The van der Waals surface area contributed by atoms with Crippen LogP contribution in [-0.4, -0.2) is 25.2 Å². The Bertz CT molecular complexity index is 353. The van der Waals surface area contributed by atoms with E-state index in [1.54, 1.807) is 12.4 Å². The Balaban J connectivity index is 2.03. The van der Waals surface area contributed by atoms with Gasteiger partial charge in [0, 0.05) is 31.6 Å². The van der Waals surface area contributed by atoms with Gasteiger partial charge in [-0.05, 0) is 43.9 Å². The zero-order chi connectivity index (χ0) is 12.1. The summed E-state index contributed by atoms with van der Waals surface area (Å²) in [5, 5.41) is 4.10. The highest BCUT2D eigenvalue weighted by Gasteiger charge is 2.20. The number of nitrogens with one attached hydrogen (secondary N) is 1. The molecule has 0 aliphatic carbocycles. The van der Waals surface area contributed by atoms with Gasteiger partial charge in [0.1, 0.15) is 0 Å². The molecule has 0 bridgehead atoms. The van der Waals surface area contributed by atoms with Crippen LogP contribution < -0.4 is 5.32 Å². The van der Waals surface area contributed by atoms with Gasteiger partial charge in [0.2, 0.25) is 0 Å². The summed E-state index contributed by atoms with van der Waals surface area (Å²) in [6.45, 7) is 1.79. The van der Waals surface area contributed by atoms with Crippen LogP contribution in [-0.2, 0) is 4.74 Å². The van der Waals surface area contributed by atoms with Gasteiger partial charge in [0.05, 0.1) is 5.02 Å². The average molecular weight is 255 g/mol. The Morgan fingerprint density at radius 2 is 2.29 bits per heavy atom. The summed E-state index contributed by atoms with van der Waals surface area (Å²) in [7, 11) is 1.99. The average Bonchev–Trinajstić information content (AvgIpc) is 2.38. The highest BCUT2D eigenvalue weighted by Crippen LogP contribution is 2.30. The number of hydrogen-bond acceptors (Lipinski definition) is 3. The lowest BCUT2D eigenvalue weighted by Crippen LogP contribution is -2.24. The monoisotopic (exact) mass is 254 g/mol. The van der Waals surface area contributed by atoms with E-state index in [0.717, 1.165) is 49.0 Å². The summed E-state index contributed by atoms with van der Waals surface area (Å²) in [5.41, 5.74) is 1.15. The van der Waals surface area contributed by atoms with Crippen LogP contribution in [0.2, 0.25) is 5.02 Å². The molecule has 0 saturated carbocycles. The molecule has 0 amide bonds. The maximum absolute atomic E-state index is 6.19. The zero-order valence-corrected chi connectivity index (χ0v) is 10.9. The van der Waals surface area contributed by atoms with E-state index in [-0.39, 0.29) is 0 Å². The molecular formula is C13H19ClN2O. The summed E-state index contributed by atoms with van der Waals surface area (Å²) in [6, 6.07) is 2.32. The van der Waals surface area contributed by atoms with Crippen molar-refractivity contribution in [3.63, 3.8) is 0 Å². The van der Waals surface area contributed by atoms with E-state index in [1.165, 1.54) is 0 Å². The van der Waals surface area contributed by atoms with E-state index in [1.807, 2.05) is 13.1 Å². The fourth-order valence-electron chi connectivity index (χ4n) is 2.38. The fraction of sp³-hybridized carbons (Fsp3) is 0.615. The van der Waals surface area contributed by atoms with Gasteiger partial charge in [-0.3, -0.25) is 4.98 Å². The van der Waals surface area contributed by atoms with Crippen molar-refractivity contribution >= 4 is 11.6 Å². The molecule has 1 saturated heterocycles. The molecule has 1 atom stereocenters. The molecule has 1 aromatic rings. The lowest BCUT2D eigenvalue weighted by Gasteiger charge is -2.27. The number of pyridine rings is 1. The summed E-state index contributed by atoms with van der Waals surface area (Å²) < 4.78 is 5.39. The first kappa shape index (κ1) is 12.8. The Morgan fingerprint density at radius 3 is 2.94 bits per heavy atom. The van der Waals surface area contributed by atoms with Crippen LogP contribution in [0.3, 0.4) is 0 Å². The van der Waals surface area contributed by atoms with Gasteiger partial charge in [-0.25, -0.2) is 0 Å². The molecule has 3 nitrogen and oxygen atoms in total. The quantitative estimate of drug-likeness (QED) is 0.897. The fourth-order valence-corrected chi connectivity index (χ4v) is 2.64. The first-order chi connectivity index (χ1) is 8.31. The van der Waals surface area contributed by atoms with Gasteiger partial charge in [0.25, 0.3) is 0 Å². The molecule has 4 heteroatoms. The number of hydrogen-bond donors (Lipinski definition) is 1. The zero-order valence-electron chi connectivity index (χ0n) is 10.2. The molecule has 2 rings (SSSR count). The third kappa shape index (κ3) is 3.41. The van der Waals surface area contributed by atoms with Crippen LogP contribution in [0.4, 0.5) is 0 Å². The molecule has 0 aromatic carbocycles.